The van der Waals surface area contributed by atoms with Crippen LogP contribution in [0.15, 0.2) is 34.6 Å². The molecule has 3 nitrogen and oxygen atoms in total. The Morgan fingerprint density at radius 2 is 1.75 bits per heavy atom. The van der Waals surface area contributed by atoms with Gasteiger partial charge in [-0.3, -0.25) is 0 Å². The van der Waals surface area contributed by atoms with Crippen LogP contribution in [0, 0.1) is 0 Å². The molecule has 20 heavy (non-hydrogen) atoms. The lowest BCUT2D eigenvalue weighted by atomic mass is 9.77. The predicted molar refractivity (Wildman–Crippen MR) is 86.8 cm³/mol. The first kappa shape index (κ1) is 15.6. The summed E-state index contributed by atoms with van der Waals surface area (Å²) in [5.74, 6) is 0. The third kappa shape index (κ3) is 2.96. The van der Waals surface area contributed by atoms with Gasteiger partial charge in [-0.1, -0.05) is 24.3 Å². The van der Waals surface area contributed by atoms with Crippen LogP contribution >= 0.6 is 12.6 Å². The third-order valence-corrected chi connectivity index (χ3v) is 4.48. The van der Waals surface area contributed by atoms with Crippen molar-refractivity contribution in [3.63, 3.8) is 0 Å². The zero-order valence-corrected chi connectivity index (χ0v) is 13.4. The first-order valence-electron chi connectivity index (χ1n) is 6.81. The monoisotopic (exact) mass is 291 g/mol. The minimum atomic E-state index is -0.405. The molecular weight excluding hydrogens is 269 g/mol. The van der Waals surface area contributed by atoms with Crippen molar-refractivity contribution in [1.29, 1.82) is 0 Å². The Bertz CT molecular complexity index is 512. The Kier molecular flexibility index (Phi) is 4.35. The van der Waals surface area contributed by atoms with Crippen LogP contribution in [0.25, 0.3) is 6.08 Å². The van der Waals surface area contributed by atoms with E-state index in [2.05, 4.69) is 12.6 Å². The topological polar surface area (TPSA) is 44.5 Å². The van der Waals surface area contributed by atoms with Gasteiger partial charge in [0.2, 0.25) is 0 Å². The van der Waals surface area contributed by atoms with Gasteiger partial charge < -0.3 is 15.0 Å². The average molecular weight is 291 g/mol. The van der Waals surface area contributed by atoms with Gasteiger partial charge in [-0.05, 0) is 44.8 Å². The summed E-state index contributed by atoms with van der Waals surface area (Å²) in [4.78, 5) is 0.912. The summed E-state index contributed by atoms with van der Waals surface area (Å²) in [6.45, 7) is 8.53. The van der Waals surface area contributed by atoms with Gasteiger partial charge in [0.15, 0.2) is 0 Å². The molecule has 0 unspecified atom stereocenters. The first-order chi connectivity index (χ1) is 9.27. The SMILES string of the molecule is CC1(C)OB(C(=Cc2ccccc2S)CN)OC1(C)C. The fourth-order valence-electron chi connectivity index (χ4n) is 2.03. The van der Waals surface area contributed by atoms with Crippen molar-refractivity contribution in [3.8, 4) is 0 Å². The lowest BCUT2D eigenvalue weighted by Crippen LogP contribution is -2.41. The smallest absolute Gasteiger partial charge is 0.400 e. The van der Waals surface area contributed by atoms with Gasteiger partial charge in [-0.25, -0.2) is 0 Å². The highest BCUT2D eigenvalue weighted by molar-refractivity contribution is 7.80. The maximum Gasteiger partial charge on any atom is 0.491 e. The molecule has 2 rings (SSSR count). The molecule has 1 aliphatic heterocycles. The molecule has 0 atom stereocenters. The van der Waals surface area contributed by atoms with E-state index in [-0.39, 0.29) is 11.2 Å². The number of thiol groups is 1. The van der Waals surface area contributed by atoms with Gasteiger partial charge in [0.05, 0.1) is 11.2 Å². The van der Waals surface area contributed by atoms with Gasteiger partial charge in [0.1, 0.15) is 0 Å². The first-order valence-corrected chi connectivity index (χ1v) is 7.26. The minimum Gasteiger partial charge on any atom is -0.400 e. The van der Waals surface area contributed by atoms with E-state index in [1.54, 1.807) is 0 Å². The second-order valence-electron chi connectivity index (χ2n) is 6.07. The van der Waals surface area contributed by atoms with E-state index < -0.39 is 7.12 Å². The minimum absolute atomic E-state index is 0.355. The molecule has 5 heteroatoms. The van der Waals surface area contributed by atoms with E-state index in [1.807, 2.05) is 58.0 Å². The summed E-state index contributed by atoms with van der Waals surface area (Å²) in [5.41, 5.74) is 7.11. The van der Waals surface area contributed by atoms with Crippen molar-refractivity contribution in [3.05, 3.63) is 35.3 Å². The van der Waals surface area contributed by atoms with Crippen molar-refractivity contribution in [2.45, 2.75) is 43.8 Å². The largest absolute Gasteiger partial charge is 0.491 e. The standard InChI is InChI=1S/C15H22BNO2S/c1-14(2)15(3,4)19-16(18-14)12(10-17)9-11-7-5-6-8-13(11)20/h5-9,20H,10,17H2,1-4H3. The third-order valence-electron chi connectivity index (χ3n) is 4.07. The molecule has 0 aromatic heterocycles. The van der Waals surface area contributed by atoms with E-state index in [4.69, 9.17) is 15.0 Å². The van der Waals surface area contributed by atoms with E-state index in [9.17, 15) is 0 Å². The molecule has 1 aromatic carbocycles. The highest BCUT2D eigenvalue weighted by atomic mass is 32.1. The molecule has 0 radical (unpaired) electrons. The number of hydrogen-bond donors (Lipinski definition) is 2. The summed E-state index contributed by atoms with van der Waals surface area (Å²) in [6.07, 6.45) is 2.00. The molecular formula is C15H22BNO2S. The van der Waals surface area contributed by atoms with E-state index in [0.717, 1.165) is 15.9 Å². The van der Waals surface area contributed by atoms with Crippen LogP contribution in [-0.2, 0) is 9.31 Å². The molecule has 1 aromatic rings. The van der Waals surface area contributed by atoms with E-state index in [1.165, 1.54) is 0 Å². The summed E-state index contributed by atoms with van der Waals surface area (Å²) >= 11 is 4.46. The molecule has 0 amide bonds. The van der Waals surface area contributed by atoms with Crippen molar-refractivity contribution in [2.24, 2.45) is 5.73 Å². The summed E-state index contributed by atoms with van der Waals surface area (Å²) in [6, 6.07) is 7.89. The normalized spacial score (nSPS) is 21.3. The maximum atomic E-state index is 6.03. The quantitative estimate of drug-likeness (QED) is 0.665. The molecule has 0 spiro atoms. The number of hydrogen-bond acceptors (Lipinski definition) is 4. The Hall–Kier alpha value is -0.745. The molecule has 0 saturated carbocycles. The van der Waals surface area contributed by atoms with Crippen LogP contribution < -0.4 is 5.73 Å². The summed E-state index contributed by atoms with van der Waals surface area (Å²) < 4.78 is 12.1. The second-order valence-corrected chi connectivity index (χ2v) is 6.55. The van der Waals surface area contributed by atoms with Crippen molar-refractivity contribution in [1.82, 2.24) is 0 Å². The molecule has 1 aliphatic rings. The Balaban J connectivity index is 2.29. The van der Waals surface area contributed by atoms with E-state index in [0.29, 0.717) is 6.54 Å². The predicted octanol–water partition coefficient (Wildman–Crippen LogP) is 2.95. The fourth-order valence-corrected chi connectivity index (χ4v) is 2.25. The van der Waals surface area contributed by atoms with Gasteiger partial charge in [-0.15, -0.1) is 12.6 Å². The molecule has 1 fully saturated rings. The lowest BCUT2D eigenvalue weighted by Gasteiger charge is -2.32. The van der Waals surface area contributed by atoms with Crippen LogP contribution in [0.5, 0.6) is 0 Å². The Morgan fingerprint density at radius 1 is 1.20 bits per heavy atom. The van der Waals surface area contributed by atoms with Crippen molar-refractivity contribution < 1.29 is 9.31 Å². The van der Waals surface area contributed by atoms with Crippen molar-refractivity contribution >= 4 is 25.8 Å². The van der Waals surface area contributed by atoms with Gasteiger partial charge >= 0.3 is 7.12 Å². The molecule has 1 heterocycles. The summed E-state index contributed by atoms with van der Waals surface area (Å²) in [7, 11) is -0.405. The summed E-state index contributed by atoms with van der Waals surface area (Å²) in [5, 5.41) is 0. The van der Waals surface area contributed by atoms with Crippen LogP contribution in [0.3, 0.4) is 0 Å². The highest BCUT2D eigenvalue weighted by Crippen LogP contribution is 2.38. The average Bonchev–Trinajstić information content (AvgIpc) is 2.57. The second kappa shape index (κ2) is 5.56. The van der Waals surface area contributed by atoms with Gasteiger partial charge in [-0.2, -0.15) is 0 Å². The molecule has 1 saturated heterocycles. The van der Waals surface area contributed by atoms with E-state index >= 15 is 0 Å². The molecule has 108 valence electrons. The van der Waals surface area contributed by atoms with Gasteiger partial charge in [0, 0.05) is 11.4 Å². The Labute approximate surface area is 127 Å². The van der Waals surface area contributed by atoms with Crippen LogP contribution in [-0.4, -0.2) is 24.9 Å². The fraction of sp³-hybridized carbons (Fsp3) is 0.467. The van der Waals surface area contributed by atoms with Gasteiger partial charge in [0.25, 0.3) is 0 Å². The number of rotatable bonds is 3. The zero-order chi connectivity index (χ0) is 15.0. The zero-order valence-electron chi connectivity index (χ0n) is 12.5. The lowest BCUT2D eigenvalue weighted by molar-refractivity contribution is 0.00578. The highest BCUT2D eigenvalue weighted by Gasteiger charge is 2.52. The Morgan fingerprint density at radius 3 is 2.25 bits per heavy atom. The van der Waals surface area contributed by atoms with Crippen molar-refractivity contribution in [2.75, 3.05) is 6.54 Å². The van der Waals surface area contributed by atoms with Crippen LogP contribution in [0.1, 0.15) is 33.3 Å². The molecule has 2 N–H and O–H groups in total. The maximum absolute atomic E-state index is 6.03. The molecule has 0 bridgehead atoms. The van der Waals surface area contributed by atoms with Crippen LogP contribution in [0.4, 0.5) is 0 Å². The number of nitrogens with two attached hydrogens (primary N) is 1. The van der Waals surface area contributed by atoms with Crippen LogP contribution in [0.2, 0.25) is 0 Å². The molecule has 0 aliphatic carbocycles. The number of benzene rings is 1.